The number of hydrogen-bond acceptors (Lipinski definition) is 4. The molecule has 0 aromatic rings. The average molecular weight is 373 g/mol. The Morgan fingerprint density at radius 1 is 1.15 bits per heavy atom. The smallest absolute Gasteiger partial charge is 0.302 e. The van der Waals surface area contributed by atoms with Crippen LogP contribution in [0.15, 0.2) is 11.6 Å². The molecule has 148 valence electrons. The highest BCUT2D eigenvalue weighted by atomic mass is 16.6. The van der Waals surface area contributed by atoms with Crippen LogP contribution in [-0.4, -0.2) is 29.6 Å². The van der Waals surface area contributed by atoms with Gasteiger partial charge in [0.2, 0.25) is 0 Å². The molecule has 0 bridgehead atoms. The van der Waals surface area contributed by atoms with Crippen molar-refractivity contribution in [3.8, 4) is 0 Å². The van der Waals surface area contributed by atoms with Gasteiger partial charge in [-0.15, -0.1) is 0 Å². The Labute approximate surface area is 162 Å². The molecule has 27 heavy (non-hydrogen) atoms. The largest absolute Gasteiger partial charge is 0.462 e. The molecule has 3 saturated carbocycles. The summed E-state index contributed by atoms with van der Waals surface area (Å²) >= 11 is 0. The first-order valence-corrected chi connectivity index (χ1v) is 10.8. The summed E-state index contributed by atoms with van der Waals surface area (Å²) in [6, 6.07) is 0. The molecule has 0 aromatic heterocycles. The van der Waals surface area contributed by atoms with E-state index in [2.05, 4.69) is 19.9 Å². The molecule has 5 rings (SSSR count). The number of carbonyl (C=O) groups is 2. The summed E-state index contributed by atoms with van der Waals surface area (Å²) in [5.74, 6) is 2.03. The molecule has 0 N–H and O–H groups in total. The zero-order valence-corrected chi connectivity index (χ0v) is 17.0. The van der Waals surface area contributed by atoms with Gasteiger partial charge in [-0.25, -0.2) is 0 Å². The lowest BCUT2D eigenvalue weighted by atomic mass is 9.47. The summed E-state index contributed by atoms with van der Waals surface area (Å²) in [6.07, 6.45) is 10.1. The van der Waals surface area contributed by atoms with E-state index in [1.54, 1.807) is 6.92 Å². The SMILES string of the molecule is CC(=O)O[C@@H]1CC[C@@]2(C)C(=CC[C@H]3[C@H]4C[C@@H]5O[C@@]5(C(C)=O)[C@@]4(C)CC[C@@H]32)C1. The maximum Gasteiger partial charge on any atom is 0.302 e. The van der Waals surface area contributed by atoms with Crippen molar-refractivity contribution in [1.29, 1.82) is 0 Å². The molecular weight excluding hydrogens is 340 g/mol. The van der Waals surface area contributed by atoms with Crippen LogP contribution in [0.2, 0.25) is 0 Å². The van der Waals surface area contributed by atoms with Crippen LogP contribution in [0.1, 0.15) is 72.6 Å². The number of ketones is 1. The van der Waals surface area contributed by atoms with Crippen LogP contribution in [0.25, 0.3) is 0 Å². The molecule has 1 heterocycles. The van der Waals surface area contributed by atoms with Crippen LogP contribution in [0.5, 0.6) is 0 Å². The maximum absolute atomic E-state index is 12.5. The van der Waals surface area contributed by atoms with Gasteiger partial charge in [0.15, 0.2) is 11.4 Å². The molecule has 4 heteroatoms. The van der Waals surface area contributed by atoms with Gasteiger partial charge in [-0.2, -0.15) is 0 Å². The maximum atomic E-state index is 12.5. The first kappa shape index (κ1) is 17.9. The van der Waals surface area contributed by atoms with Crippen molar-refractivity contribution < 1.29 is 19.1 Å². The lowest BCUT2D eigenvalue weighted by Crippen LogP contribution is -2.54. The van der Waals surface area contributed by atoms with Crippen molar-refractivity contribution in [2.45, 2.75) is 90.4 Å². The molecule has 4 fully saturated rings. The quantitative estimate of drug-likeness (QED) is 0.414. The van der Waals surface area contributed by atoms with E-state index < -0.39 is 5.60 Å². The molecule has 8 atom stereocenters. The van der Waals surface area contributed by atoms with E-state index in [9.17, 15) is 9.59 Å². The molecule has 4 aliphatic carbocycles. The first-order chi connectivity index (χ1) is 12.7. The van der Waals surface area contributed by atoms with Gasteiger partial charge in [0, 0.05) is 18.8 Å². The molecule has 1 saturated heterocycles. The highest BCUT2D eigenvalue weighted by molar-refractivity contribution is 5.90. The summed E-state index contributed by atoms with van der Waals surface area (Å²) in [7, 11) is 0. The highest BCUT2D eigenvalue weighted by Gasteiger charge is 2.79. The second-order valence-electron chi connectivity index (χ2n) is 10.3. The summed E-state index contributed by atoms with van der Waals surface area (Å²) in [4.78, 5) is 23.8. The third kappa shape index (κ3) is 2.14. The van der Waals surface area contributed by atoms with E-state index in [-0.39, 0.29) is 34.8 Å². The Bertz CT molecular complexity index is 741. The molecular formula is C23H32O4. The van der Waals surface area contributed by atoms with Crippen molar-refractivity contribution in [2.24, 2.45) is 28.6 Å². The number of ether oxygens (including phenoxy) is 2. The Morgan fingerprint density at radius 3 is 2.63 bits per heavy atom. The molecule has 0 unspecified atom stereocenters. The fourth-order valence-electron chi connectivity index (χ4n) is 8.03. The number of esters is 1. The fraction of sp³-hybridized carbons (Fsp3) is 0.826. The zero-order valence-electron chi connectivity index (χ0n) is 17.0. The van der Waals surface area contributed by atoms with E-state index in [0.29, 0.717) is 17.8 Å². The number of allylic oxidation sites excluding steroid dienone is 1. The second kappa shape index (κ2) is 5.46. The second-order valence-corrected chi connectivity index (χ2v) is 10.3. The summed E-state index contributed by atoms with van der Waals surface area (Å²) < 4.78 is 11.6. The van der Waals surface area contributed by atoms with Gasteiger partial charge in [0.1, 0.15) is 6.10 Å². The van der Waals surface area contributed by atoms with E-state index in [4.69, 9.17) is 9.47 Å². The number of carbonyl (C=O) groups excluding carboxylic acids is 2. The van der Waals surface area contributed by atoms with Crippen molar-refractivity contribution in [3.63, 3.8) is 0 Å². The lowest BCUT2D eigenvalue weighted by Gasteiger charge is -2.58. The molecule has 0 amide bonds. The van der Waals surface area contributed by atoms with Crippen LogP contribution < -0.4 is 0 Å². The van der Waals surface area contributed by atoms with Crippen molar-refractivity contribution in [1.82, 2.24) is 0 Å². The molecule has 0 radical (unpaired) electrons. The number of rotatable bonds is 2. The number of epoxide rings is 1. The minimum atomic E-state index is -0.472. The van der Waals surface area contributed by atoms with Crippen molar-refractivity contribution in [2.75, 3.05) is 0 Å². The van der Waals surface area contributed by atoms with Gasteiger partial charge >= 0.3 is 5.97 Å². The molecule has 1 aliphatic heterocycles. The minimum absolute atomic E-state index is 0.0152. The average Bonchev–Trinajstić information content (AvgIpc) is 3.27. The van der Waals surface area contributed by atoms with E-state index in [0.717, 1.165) is 38.5 Å². The Morgan fingerprint density at radius 2 is 1.93 bits per heavy atom. The van der Waals surface area contributed by atoms with Crippen molar-refractivity contribution in [3.05, 3.63) is 11.6 Å². The predicted octanol–water partition coefficient (Wildman–Crippen LogP) is 4.22. The number of Topliss-reactive ketones (excluding diaryl/α,β-unsaturated/α-hetero) is 1. The van der Waals surface area contributed by atoms with Crippen LogP contribution in [0.3, 0.4) is 0 Å². The van der Waals surface area contributed by atoms with E-state index >= 15 is 0 Å². The Kier molecular flexibility index (Phi) is 3.62. The van der Waals surface area contributed by atoms with Crippen LogP contribution in [0, 0.1) is 28.6 Å². The Hall–Kier alpha value is -1.16. The summed E-state index contributed by atoms with van der Waals surface area (Å²) in [5, 5.41) is 0. The number of fused-ring (bicyclic) bond motifs is 7. The monoisotopic (exact) mass is 372 g/mol. The van der Waals surface area contributed by atoms with Gasteiger partial charge in [-0.3, -0.25) is 9.59 Å². The van der Waals surface area contributed by atoms with Gasteiger partial charge in [-0.1, -0.05) is 25.5 Å². The van der Waals surface area contributed by atoms with Crippen molar-refractivity contribution >= 4 is 11.8 Å². The third-order valence-corrected chi connectivity index (χ3v) is 9.34. The first-order valence-electron chi connectivity index (χ1n) is 10.8. The zero-order chi connectivity index (χ0) is 19.2. The highest BCUT2D eigenvalue weighted by Crippen LogP contribution is 2.73. The van der Waals surface area contributed by atoms with Gasteiger partial charge in [0.05, 0.1) is 6.10 Å². The van der Waals surface area contributed by atoms with Gasteiger partial charge in [-0.05, 0) is 68.6 Å². The number of hydrogen-bond donors (Lipinski definition) is 0. The lowest BCUT2D eigenvalue weighted by molar-refractivity contribution is -0.149. The molecule has 4 nitrogen and oxygen atoms in total. The fourth-order valence-corrected chi connectivity index (χ4v) is 8.03. The van der Waals surface area contributed by atoms with Gasteiger partial charge in [0.25, 0.3) is 0 Å². The standard InChI is InChI=1S/C23H32O4/c1-13(24)23-20(27-23)12-19-17-6-5-15-11-16(26-14(2)25)7-9-21(15,3)18(17)8-10-22(19,23)4/h5,16-20H,6-12H2,1-4H3/t16-,17-,18+,19-,20+,21+,22+,23-/m1/s1. The minimum Gasteiger partial charge on any atom is -0.462 e. The molecule has 5 aliphatic rings. The van der Waals surface area contributed by atoms with Gasteiger partial charge < -0.3 is 9.47 Å². The van der Waals surface area contributed by atoms with Crippen LogP contribution in [-0.2, 0) is 19.1 Å². The summed E-state index contributed by atoms with van der Waals surface area (Å²) in [6.45, 7) is 8.03. The summed E-state index contributed by atoms with van der Waals surface area (Å²) in [5.41, 5.74) is 1.30. The third-order valence-electron chi connectivity index (χ3n) is 9.34. The van der Waals surface area contributed by atoms with E-state index in [1.807, 2.05) is 0 Å². The molecule has 0 spiro atoms. The van der Waals surface area contributed by atoms with Crippen LogP contribution in [0.4, 0.5) is 0 Å². The Balaban J connectivity index is 1.43. The van der Waals surface area contributed by atoms with Crippen LogP contribution >= 0.6 is 0 Å². The van der Waals surface area contributed by atoms with E-state index in [1.165, 1.54) is 18.9 Å². The normalized spacial score (nSPS) is 52.6. The molecule has 0 aromatic carbocycles. The predicted molar refractivity (Wildman–Crippen MR) is 101 cm³/mol. The topological polar surface area (TPSA) is 55.9 Å².